The van der Waals surface area contributed by atoms with Crippen molar-refractivity contribution in [2.75, 3.05) is 33.2 Å². The molecule has 5 nitrogen and oxygen atoms in total. The second kappa shape index (κ2) is 6.71. The van der Waals surface area contributed by atoms with Gasteiger partial charge < -0.3 is 15.5 Å². The molecule has 3 rings (SSSR count). The minimum Gasteiger partial charge on any atom is -0.356 e. The van der Waals surface area contributed by atoms with E-state index in [1.54, 1.807) is 0 Å². The van der Waals surface area contributed by atoms with Gasteiger partial charge in [0.15, 0.2) is 5.96 Å². The third-order valence-electron chi connectivity index (χ3n) is 5.17. The first kappa shape index (κ1) is 16.8. The summed E-state index contributed by atoms with van der Waals surface area (Å²) >= 11 is 0. The largest absolute Gasteiger partial charge is 0.356 e. The molecule has 3 atom stereocenters. The molecular weight excluding hydrogens is 379 g/mol. The number of carbonyl (C=O) groups is 1. The van der Waals surface area contributed by atoms with E-state index >= 15 is 0 Å². The average molecular weight is 406 g/mol. The molecule has 0 radical (unpaired) electrons. The maximum absolute atomic E-state index is 11.5. The van der Waals surface area contributed by atoms with Crippen molar-refractivity contribution in [2.24, 2.45) is 22.2 Å². The van der Waals surface area contributed by atoms with Crippen molar-refractivity contribution in [3.05, 3.63) is 0 Å². The fourth-order valence-electron chi connectivity index (χ4n) is 3.67. The van der Waals surface area contributed by atoms with Crippen molar-refractivity contribution < 1.29 is 4.79 Å². The molecule has 2 N–H and O–H groups in total. The zero-order valence-corrected chi connectivity index (χ0v) is 15.4. The minimum absolute atomic E-state index is 0. The van der Waals surface area contributed by atoms with Crippen LogP contribution in [0.15, 0.2) is 4.99 Å². The first-order valence-electron chi connectivity index (χ1n) is 7.84. The molecule has 3 aliphatic rings. The third kappa shape index (κ3) is 3.81. The van der Waals surface area contributed by atoms with E-state index in [0.717, 1.165) is 56.8 Å². The molecule has 2 aliphatic heterocycles. The van der Waals surface area contributed by atoms with Gasteiger partial charge in [0.25, 0.3) is 0 Å². The number of guanidine groups is 1. The van der Waals surface area contributed by atoms with Crippen LogP contribution in [0, 0.1) is 17.3 Å². The molecule has 1 aliphatic carbocycles. The molecular formula is C15H27IN4O. The van der Waals surface area contributed by atoms with Gasteiger partial charge in [0, 0.05) is 45.1 Å². The standard InChI is InChI=1S/C15H26N4O.HI/c1-11-6-12(11)8-17-14(16-2)19-5-3-4-15(10-19)7-13(20)18-9-15;/h11-12H,3-10H2,1-2H3,(H,16,17)(H,18,20);1H. The summed E-state index contributed by atoms with van der Waals surface area (Å²) in [6, 6.07) is 0. The van der Waals surface area contributed by atoms with Crippen LogP contribution in [-0.2, 0) is 4.79 Å². The summed E-state index contributed by atoms with van der Waals surface area (Å²) in [4.78, 5) is 18.3. The summed E-state index contributed by atoms with van der Waals surface area (Å²) in [5, 5.41) is 6.52. The van der Waals surface area contributed by atoms with E-state index in [-0.39, 0.29) is 35.3 Å². The summed E-state index contributed by atoms with van der Waals surface area (Å²) < 4.78 is 0. The van der Waals surface area contributed by atoms with Crippen molar-refractivity contribution >= 4 is 35.8 Å². The van der Waals surface area contributed by atoms with Gasteiger partial charge in [-0.2, -0.15) is 0 Å². The van der Waals surface area contributed by atoms with Crippen molar-refractivity contribution in [3.63, 3.8) is 0 Å². The Bertz CT molecular complexity index is 428. The van der Waals surface area contributed by atoms with Gasteiger partial charge in [0.05, 0.1) is 0 Å². The second-order valence-corrected chi connectivity index (χ2v) is 6.88. The Labute approximate surface area is 144 Å². The van der Waals surface area contributed by atoms with Gasteiger partial charge in [-0.1, -0.05) is 6.92 Å². The van der Waals surface area contributed by atoms with Crippen LogP contribution in [0.2, 0.25) is 0 Å². The number of piperidine rings is 1. The van der Waals surface area contributed by atoms with Crippen LogP contribution in [0.5, 0.6) is 0 Å². The van der Waals surface area contributed by atoms with Crippen LogP contribution >= 0.6 is 24.0 Å². The van der Waals surface area contributed by atoms with Crippen LogP contribution in [-0.4, -0.2) is 50.0 Å². The van der Waals surface area contributed by atoms with Crippen molar-refractivity contribution in [2.45, 2.75) is 32.6 Å². The molecule has 21 heavy (non-hydrogen) atoms. The highest BCUT2D eigenvalue weighted by Gasteiger charge is 2.42. The first-order valence-corrected chi connectivity index (χ1v) is 7.84. The van der Waals surface area contributed by atoms with Crippen molar-refractivity contribution in [3.8, 4) is 0 Å². The van der Waals surface area contributed by atoms with Gasteiger partial charge >= 0.3 is 0 Å². The molecule has 1 amide bonds. The lowest BCUT2D eigenvalue weighted by atomic mass is 9.79. The van der Waals surface area contributed by atoms with E-state index < -0.39 is 0 Å². The molecule has 3 fully saturated rings. The molecule has 0 aromatic carbocycles. The topological polar surface area (TPSA) is 56.7 Å². The number of halogens is 1. The van der Waals surface area contributed by atoms with Crippen LogP contribution in [0.25, 0.3) is 0 Å². The maximum atomic E-state index is 11.5. The molecule has 2 saturated heterocycles. The molecule has 6 heteroatoms. The normalized spacial score (nSPS) is 35.4. The fraction of sp³-hybridized carbons (Fsp3) is 0.867. The lowest BCUT2D eigenvalue weighted by molar-refractivity contribution is -0.119. The Morgan fingerprint density at radius 1 is 1.57 bits per heavy atom. The average Bonchev–Trinajstić information content (AvgIpc) is 3.02. The van der Waals surface area contributed by atoms with Gasteiger partial charge in [-0.15, -0.1) is 24.0 Å². The molecule has 1 saturated carbocycles. The van der Waals surface area contributed by atoms with Gasteiger partial charge in [-0.25, -0.2) is 0 Å². The highest BCUT2D eigenvalue weighted by Crippen LogP contribution is 2.37. The molecule has 3 unspecified atom stereocenters. The number of hydrogen-bond acceptors (Lipinski definition) is 2. The molecule has 2 heterocycles. The lowest BCUT2D eigenvalue weighted by Gasteiger charge is -2.40. The van der Waals surface area contributed by atoms with Crippen LogP contribution in [0.1, 0.15) is 32.6 Å². The van der Waals surface area contributed by atoms with E-state index in [4.69, 9.17) is 0 Å². The van der Waals surface area contributed by atoms with Crippen LogP contribution in [0.3, 0.4) is 0 Å². The summed E-state index contributed by atoms with van der Waals surface area (Å²) in [5.41, 5.74) is 0.139. The van der Waals surface area contributed by atoms with Crippen LogP contribution in [0.4, 0.5) is 0 Å². The Kier molecular flexibility index (Phi) is 5.38. The monoisotopic (exact) mass is 406 g/mol. The predicted octanol–water partition coefficient (Wildman–Crippen LogP) is 1.44. The highest BCUT2D eigenvalue weighted by atomic mass is 127. The summed E-state index contributed by atoms with van der Waals surface area (Å²) in [5.74, 6) is 2.91. The highest BCUT2D eigenvalue weighted by molar-refractivity contribution is 14.0. The number of carbonyl (C=O) groups excluding carboxylic acids is 1. The fourth-order valence-corrected chi connectivity index (χ4v) is 3.67. The maximum Gasteiger partial charge on any atom is 0.220 e. The van der Waals surface area contributed by atoms with Crippen molar-refractivity contribution in [1.29, 1.82) is 0 Å². The number of hydrogen-bond donors (Lipinski definition) is 2. The van der Waals surface area contributed by atoms with E-state index in [1.807, 2.05) is 7.05 Å². The third-order valence-corrected chi connectivity index (χ3v) is 5.17. The quantitative estimate of drug-likeness (QED) is 0.415. The van der Waals surface area contributed by atoms with Gasteiger partial charge in [0.1, 0.15) is 0 Å². The van der Waals surface area contributed by atoms with Gasteiger partial charge in [-0.3, -0.25) is 9.79 Å². The molecule has 120 valence electrons. The van der Waals surface area contributed by atoms with E-state index in [2.05, 4.69) is 27.4 Å². The Balaban J connectivity index is 0.00000161. The zero-order chi connectivity index (χ0) is 14.2. The van der Waals surface area contributed by atoms with Gasteiger partial charge in [0.2, 0.25) is 5.91 Å². The Hall–Kier alpha value is -0.530. The molecule has 0 aromatic heterocycles. The molecule has 1 spiro atoms. The van der Waals surface area contributed by atoms with Gasteiger partial charge in [-0.05, 0) is 31.1 Å². The number of nitrogens with zero attached hydrogens (tertiary/aromatic N) is 2. The minimum atomic E-state index is 0. The first-order chi connectivity index (χ1) is 9.62. The summed E-state index contributed by atoms with van der Waals surface area (Å²) in [6.45, 7) is 6.18. The SMILES string of the molecule is CN=C(NCC1CC1C)N1CCCC2(CNC(=O)C2)C1.I. The van der Waals surface area contributed by atoms with Crippen molar-refractivity contribution in [1.82, 2.24) is 15.5 Å². The zero-order valence-electron chi connectivity index (χ0n) is 13.0. The van der Waals surface area contributed by atoms with E-state index in [9.17, 15) is 4.79 Å². The Morgan fingerprint density at radius 3 is 2.90 bits per heavy atom. The van der Waals surface area contributed by atoms with E-state index in [0.29, 0.717) is 6.42 Å². The predicted molar refractivity (Wildman–Crippen MR) is 94.9 cm³/mol. The number of amides is 1. The summed E-state index contributed by atoms with van der Waals surface area (Å²) in [7, 11) is 1.86. The number of aliphatic imine (C=N–C) groups is 1. The van der Waals surface area contributed by atoms with E-state index in [1.165, 1.54) is 6.42 Å². The molecule has 0 bridgehead atoms. The number of likely N-dealkylation sites (tertiary alicyclic amines) is 1. The van der Waals surface area contributed by atoms with Crippen LogP contribution < -0.4 is 10.6 Å². The Morgan fingerprint density at radius 2 is 2.33 bits per heavy atom. The lowest BCUT2D eigenvalue weighted by Crippen LogP contribution is -2.51. The number of rotatable bonds is 2. The second-order valence-electron chi connectivity index (χ2n) is 6.88. The smallest absolute Gasteiger partial charge is 0.220 e. The summed E-state index contributed by atoms with van der Waals surface area (Å²) in [6.07, 6.45) is 4.32. The number of nitrogens with one attached hydrogen (secondary N) is 2. The molecule has 0 aromatic rings.